The van der Waals surface area contributed by atoms with E-state index < -0.39 is 10.0 Å². The van der Waals surface area contributed by atoms with E-state index in [4.69, 9.17) is 0 Å². The molecule has 0 aliphatic heterocycles. The van der Waals surface area contributed by atoms with Crippen LogP contribution >= 0.6 is 0 Å². The molecule has 0 aromatic carbocycles. The Morgan fingerprint density at radius 2 is 2.06 bits per heavy atom. The number of rotatable bonds is 7. The summed E-state index contributed by atoms with van der Waals surface area (Å²) in [7, 11) is -1.78. The second kappa shape index (κ2) is 6.16. The van der Waals surface area contributed by atoms with Crippen LogP contribution in [0.4, 0.5) is 0 Å². The molecular formula is C11H21N3O2S. The molecule has 0 aliphatic rings. The van der Waals surface area contributed by atoms with Crippen LogP contribution in [0.1, 0.15) is 38.9 Å². The fourth-order valence-corrected chi connectivity index (χ4v) is 2.66. The first-order valence-corrected chi connectivity index (χ1v) is 7.46. The number of aromatic amines is 1. The molecule has 0 spiro atoms. The van der Waals surface area contributed by atoms with Crippen LogP contribution in [0.15, 0.2) is 11.2 Å². The van der Waals surface area contributed by atoms with E-state index in [1.807, 2.05) is 6.92 Å². The third kappa shape index (κ3) is 3.54. The molecule has 1 heterocycles. The van der Waals surface area contributed by atoms with Crippen LogP contribution in [-0.4, -0.2) is 36.3 Å². The monoisotopic (exact) mass is 259 g/mol. The molecule has 1 rings (SSSR count). The van der Waals surface area contributed by atoms with Crippen LogP contribution in [0.3, 0.4) is 0 Å². The lowest BCUT2D eigenvalue weighted by Crippen LogP contribution is -2.28. The van der Waals surface area contributed by atoms with Gasteiger partial charge in [0.25, 0.3) is 10.0 Å². The van der Waals surface area contributed by atoms with Crippen molar-refractivity contribution in [3.8, 4) is 0 Å². The maximum absolute atomic E-state index is 12.1. The summed E-state index contributed by atoms with van der Waals surface area (Å²) in [5.74, 6) is 0.700. The quantitative estimate of drug-likeness (QED) is 0.759. The summed E-state index contributed by atoms with van der Waals surface area (Å²) in [6.45, 7) is 4.58. The molecule has 0 unspecified atom stereocenters. The number of aromatic nitrogens is 2. The lowest BCUT2D eigenvalue weighted by molar-refractivity contribution is 0.452. The molecule has 98 valence electrons. The summed E-state index contributed by atoms with van der Waals surface area (Å²) >= 11 is 0. The van der Waals surface area contributed by atoms with Gasteiger partial charge in [-0.05, 0) is 6.42 Å². The minimum absolute atomic E-state index is 0.188. The molecule has 0 atom stereocenters. The van der Waals surface area contributed by atoms with E-state index in [0.717, 1.165) is 19.3 Å². The molecule has 5 nitrogen and oxygen atoms in total. The number of nitrogens with one attached hydrogen (secondary N) is 1. The Labute approximate surface area is 103 Å². The number of unbranched alkanes of at least 4 members (excludes halogenated alkanes) is 2. The summed E-state index contributed by atoms with van der Waals surface area (Å²) in [5, 5.41) is 0.188. The van der Waals surface area contributed by atoms with Gasteiger partial charge in [0.1, 0.15) is 5.82 Å². The molecule has 0 radical (unpaired) electrons. The summed E-state index contributed by atoms with van der Waals surface area (Å²) < 4.78 is 25.6. The second-order valence-electron chi connectivity index (χ2n) is 4.08. The highest BCUT2D eigenvalue weighted by Crippen LogP contribution is 2.12. The van der Waals surface area contributed by atoms with Crippen molar-refractivity contribution < 1.29 is 8.42 Å². The summed E-state index contributed by atoms with van der Waals surface area (Å²) in [6, 6.07) is 0. The van der Waals surface area contributed by atoms with E-state index in [0.29, 0.717) is 18.8 Å². The highest BCUT2D eigenvalue weighted by molar-refractivity contribution is 7.89. The molecule has 1 aromatic rings. The van der Waals surface area contributed by atoms with Crippen LogP contribution in [-0.2, 0) is 16.4 Å². The maximum Gasteiger partial charge on any atom is 0.259 e. The van der Waals surface area contributed by atoms with Gasteiger partial charge in [0.2, 0.25) is 0 Å². The van der Waals surface area contributed by atoms with Crippen LogP contribution < -0.4 is 0 Å². The van der Waals surface area contributed by atoms with Gasteiger partial charge in [0.15, 0.2) is 5.03 Å². The number of H-pyrrole nitrogens is 1. The zero-order valence-corrected chi connectivity index (χ0v) is 11.5. The van der Waals surface area contributed by atoms with Crippen molar-refractivity contribution in [2.75, 3.05) is 13.6 Å². The van der Waals surface area contributed by atoms with Crippen molar-refractivity contribution in [2.24, 2.45) is 0 Å². The average molecular weight is 259 g/mol. The number of aryl methyl sites for hydroxylation is 1. The van der Waals surface area contributed by atoms with E-state index in [1.54, 1.807) is 7.05 Å². The third-order valence-electron chi connectivity index (χ3n) is 2.70. The lowest BCUT2D eigenvalue weighted by Gasteiger charge is -2.15. The molecule has 0 saturated carbocycles. The van der Waals surface area contributed by atoms with Gasteiger partial charge in [-0.2, -0.15) is 4.31 Å². The van der Waals surface area contributed by atoms with Gasteiger partial charge >= 0.3 is 0 Å². The van der Waals surface area contributed by atoms with Crippen molar-refractivity contribution >= 4 is 10.0 Å². The minimum atomic E-state index is -3.39. The van der Waals surface area contributed by atoms with Gasteiger partial charge < -0.3 is 4.98 Å². The van der Waals surface area contributed by atoms with Gasteiger partial charge in [-0.25, -0.2) is 13.4 Å². The number of hydrogen-bond acceptors (Lipinski definition) is 3. The van der Waals surface area contributed by atoms with Crippen LogP contribution in [0, 0.1) is 0 Å². The predicted octanol–water partition coefficient (Wildman–Crippen LogP) is 1.78. The largest absolute Gasteiger partial charge is 0.332 e. The van der Waals surface area contributed by atoms with Crippen molar-refractivity contribution in [2.45, 2.75) is 44.6 Å². The molecule has 1 aromatic heterocycles. The molecule has 0 bridgehead atoms. The normalized spacial score (nSPS) is 12.2. The number of imidazole rings is 1. The first-order chi connectivity index (χ1) is 8.02. The van der Waals surface area contributed by atoms with E-state index >= 15 is 0 Å². The Hall–Kier alpha value is -0.880. The lowest BCUT2D eigenvalue weighted by atomic mass is 10.2. The van der Waals surface area contributed by atoms with Crippen molar-refractivity contribution in [3.63, 3.8) is 0 Å². The fourth-order valence-electron chi connectivity index (χ4n) is 1.53. The Morgan fingerprint density at radius 1 is 1.35 bits per heavy atom. The summed E-state index contributed by atoms with van der Waals surface area (Å²) in [6.07, 6.45) is 5.11. The Balaban J connectivity index is 2.73. The van der Waals surface area contributed by atoms with Crippen LogP contribution in [0.5, 0.6) is 0 Å². The van der Waals surface area contributed by atoms with Gasteiger partial charge in [-0.3, -0.25) is 0 Å². The summed E-state index contributed by atoms with van der Waals surface area (Å²) in [5.41, 5.74) is 0. The molecule has 0 saturated heterocycles. The van der Waals surface area contributed by atoms with Gasteiger partial charge in [-0.15, -0.1) is 0 Å². The van der Waals surface area contributed by atoms with E-state index in [-0.39, 0.29) is 5.03 Å². The molecule has 0 fully saturated rings. The molecule has 0 aliphatic carbocycles. The molecular weight excluding hydrogens is 238 g/mol. The number of sulfonamides is 1. The van der Waals surface area contributed by atoms with E-state index in [9.17, 15) is 8.42 Å². The first-order valence-electron chi connectivity index (χ1n) is 6.02. The smallest absolute Gasteiger partial charge is 0.259 e. The highest BCUT2D eigenvalue weighted by atomic mass is 32.2. The van der Waals surface area contributed by atoms with Crippen LogP contribution in [0.25, 0.3) is 0 Å². The molecule has 6 heteroatoms. The fraction of sp³-hybridized carbons (Fsp3) is 0.727. The Morgan fingerprint density at radius 3 is 2.59 bits per heavy atom. The highest BCUT2D eigenvalue weighted by Gasteiger charge is 2.22. The summed E-state index contributed by atoms with van der Waals surface area (Å²) in [4.78, 5) is 6.85. The molecule has 0 amide bonds. The second-order valence-corrected chi connectivity index (χ2v) is 6.09. The Bertz CT molecular complexity index is 439. The standard InChI is InChI=1S/C11H21N3O2S/c1-4-6-7-8-14(3)17(15,16)11-9-12-10(5-2)13-11/h9H,4-8H2,1-3H3,(H,12,13). The van der Waals surface area contributed by atoms with Gasteiger partial charge in [-0.1, -0.05) is 26.7 Å². The molecule has 1 N–H and O–H groups in total. The number of nitrogens with zero attached hydrogens (tertiary/aromatic N) is 2. The van der Waals surface area contributed by atoms with Crippen molar-refractivity contribution in [1.82, 2.24) is 14.3 Å². The predicted molar refractivity (Wildman–Crippen MR) is 67.3 cm³/mol. The van der Waals surface area contributed by atoms with E-state index in [1.165, 1.54) is 10.5 Å². The first kappa shape index (κ1) is 14.2. The van der Waals surface area contributed by atoms with Crippen LogP contribution in [0.2, 0.25) is 0 Å². The average Bonchev–Trinajstić information content (AvgIpc) is 2.78. The van der Waals surface area contributed by atoms with Crippen molar-refractivity contribution in [1.29, 1.82) is 0 Å². The SMILES string of the molecule is CCCCCN(C)S(=O)(=O)c1cnc(CC)[nH]1. The van der Waals surface area contributed by atoms with Gasteiger partial charge in [0.05, 0.1) is 6.20 Å². The Kier molecular flexibility index (Phi) is 5.14. The third-order valence-corrected chi connectivity index (χ3v) is 4.47. The molecule has 17 heavy (non-hydrogen) atoms. The zero-order chi connectivity index (χ0) is 12.9. The minimum Gasteiger partial charge on any atom is -0.332 e. The van der Waals surface area contributed by atoms with E-state index in [2.05, 4.69) is 16.9 Å². The maximum atomic E-state index is 12.1. The van der Waals surface area contributed by atoms with Crippen molar-refractivity contribution in [3.05, 3.63) is 12.0 Å². The van der Waals surface area contributed by atoms with Gasteiger partial charge in [0, 0.05) is 20.0 Å². The number of hydrogen-bond donors (Lipinski definition) is 1. The topological polar surface area (TPSA) is 66.1 Å². The zero-order valence-electron chi connectivity index (χ0n) is 10.7.